The molecule has 6 heteroatoms. The van der Waals surface area contributed by atoms with E-state index in [-0.39, 0.29) is 6.04 Å². The number of nitrogens with zero attached hydrogens (tertiary/aromatic N) is 1. The first-order chi connectivity index (χ1) is 8.55. The van der Waals surface area contributed by atoms with E-state index in [1.54, 1.807) is 17.4 Å². The summed E-state index contributed by atoms with van der Waals surface area (Å²) in [4.78, 5) is 0. The fourth-order valence-corrected chi connectivity index (χ4v) is 5.40. The van der Waals surface area contributed by atoms with Crippen molar-refractivity contribution in [2.24, 2.45) is 0 Å². The number of hydrogen-bond acceptors (Lipinski definition) is 3. The van der Waals surface area contributed by atoms with Crippen LogP contribution in [0.1, 0.15) is 37.7 Å². The van der Waals surface area contributed by atoms with Gasteiger partial charge in [-0.1, -0.05) is 19.3 Å². The van der Waals surface area contributed by atoms with E-state index in [0.717, 1.165) is 31.2 Å². The van der Waals surface area contributed by atoms with Gasteiger partial charge in [0.1, 0.15) is 4.21 Å². The minimum absolute atomic E-state index is 0.158. The molecule has 0 aromatic carbocycles. The van der Waals surface area contributed by atoms with Gasteiger partial charge in [0.25, 0.3) is 10.0 Å². The van der Waals surface area contributed by atoms with Crippen LogP contribution in [0, 0.1) is 0 Å². The highest BCUT2D eigenvalue weighted by Gasteiger charge is 2.29. The van der Waals surface area contributed by atoms with Gasteiger partial charge in [-0.2, -0.15) is 4.31 Å². The molecule has 0 N–H and O–H groups in total. The summed E-state index contributed by atoms with van der Waals surface area (Å²) in [6.45, 7) is 0. The predicted molar refractivity (Wildman–Crippen MR) is 75.7 cm³/mol. The van der Waals surface area contributed by atoms with Gasteiger partial charge in [0.2, 0.25) is 0 Å². The Morgan fingerprint density at radius 1 is 1.39 bits per heavy atom. The van der Waals surface area contributed by atoms with Crippen molar-refractivity contribution in [1.29, 1.82) is 0 Å². The van der Waals surface area contributed by atoms with Crippen LogP contribution in [0.5, 0.6) is 0 Å². The Bertz CT molecular complexity index is 492. The lowest BCUT2D eigenvalue weighted by Crippen LogP contribution is -2.37. The van der Waals surface area contributed by atoms with Crippen LogP contribution in [0.3, 0.4) is 0 Å². The van der Waals surface area contributed by atoms with Gasteiger partial charge < -0.3 is 0 Å². The fourth-order valence-electron chi connectivity index (χ4n) is 2.34. The first-order valence-electron chi connectivity index (χ1n) is 6.17. The lowest BCUT2D eigenvalue weighted by atomic mass is 9.96. The van der Waals surface area contributed by atoms with E-state index in [0.29, 0.717) is 10.1 Å². The van der Waals surface area contributed by atoms with E-state index in [9.17, 15) is 8.42 Å². The average molecular weight is 308 g/mol. The molecule has 1 aromatic rings. The van der Waals surface area contributed by atoms with Crippen LogP contribution in [-0.2, 0) is 15.9 Å². The Morgan fingerprint density at radius 2 is 2.06 bits per heavy atom. The zero-order chi connectivity index (χ0) is 13.2. The Morgan fingerprint density at radius 3 is 2.61 bits per heavy atom. The van der Waals surface area contributed by atoms with Crippen LogP contribution in [0.15, 0.2) is 15.7 Å². The molecule has 0 aliphatic heterocycles. The SMILES string of the molecule is CN(C1CCCCC1)S(=O)(=O)c1cc(CCl)cs1. The Kier molecular flexibility index (Phi) is 4.69. The first kappa shape index (κ1) is 14.3. The molecule has 1 fully saturated rings. The quantitative estimate of drug-likeness (QED) is 0.799. The van der Waals surface area contributed by atoms with Gasteiger partial charge in [-0.05, 0) is 29.9 Å². The summed E-state index contributed by atoms with van der Waals surface area (Å²) >= 11 is 6.98. The molecule has 1 aliphatic carbocycles. The molecule has 0 spiro atoms. The van der Waals surface area contributed by atoms with Crippen molar-refractivity contribution in [2.75, 3.05) is 7.05 Å². The van der Waals surface area contributed by atoms with Crippen molar-refractivity contribution < 1.29 is 8.42 Å². The molecule has 0 radical (unpaired) electrons. The second kappa shape index (κ2) is 5.90. The van der Waals surface area contributed by atoms with Gasteiger partial charge in [-0.15, -0.1) is 22.9 Å². The third-order valence-corrected chi connectivity index (χ3v) is 7.19. The Balaban J connectivity index is 2.18. The van der Waals surface area contributed by atoms with Gasteiger partial charge in [-0.25, -0.2) is 8.42 Å². The maximum absolute atomic E-state index is 12.5. The molecular weight excluding hydrogens is 290 g/mol. The zero-order valence-electron chi connectivity index (χ0n) is 10.4. The van der Waals surface area contributed by atoms with Gasteiger partial charge >= 0.3 is 0 Å². The third-order valence-electron chi connectivity index (χ3n) is 3.51. The van der Waals surface area contributed by atoms with Crippen molar-refractivity contribution in [3.63, 3.8) is 0 Å². The lowest BCUT2D eigenvalue weighted by Gasteiger charge is -2.29. The van der Waals surface area contributed by atoms with Crippen LogP contribution in [-0.4, -0.2) is 25.8 Å². The van der Waals surface area contributed by atoms with E-state index in [1.165, 1.54) is 17.8 Å². The molecule has 0 amide bonds. The van der Waals surface area contributed by atoms with E-state index in [2.05, 4.69) is 0 Å². The van der Waals surface area contributed by atoms with Crippen LogP contribution >= 0.6 is 22.9 Å². The summed E-state index contributed by atoms with van der Waals surface area (Å²) < 4.78 is 26.9. The van der Waals surface area contributed by atoms with Crippen molar-refractivity contribution in [2.45, 2.75) is 48.2 Å². The molecule has 102 valence electrons. The van der Waals surface area contributed by atoms with E-state index < -0.39 is 10.0 Å². The lowest BCUT2D eigenvalue weighted by molar-refractivity contribution is 0.286. The molecule has 1 heterocycles. The molecule has 18 heavy (non-hydrogen) atoms. The Labute approximate surface area is 118 Å². The van der Waals surface area contributed by atoms with E-state index >= 15 is 0 Å². The highest BCUT2D eigenvalue weighted by atomic mass is 35.5. The van der Waals surface area contributed by atoms with Crippen LogP contribution in [0.25, 0.3) is 0 Å². The second-order valence-corrected chi connectivity index (χ2v) is 8.12. The van der Waals surface area contributed by atoms with Gasteiger partial charge in [-0.3, -0.25) is 0 Å². The minimum Gasteiger partial charge on any atom is -0.206 e. The Hall–Kier alpha value is -0.100. The normalized spacial score (nSPS) is 18.4. The topological polar surface area (TPSA) is 37.4 Å². The molecule has 1 aliphatic rings. The van der Waals surface area contributed by atoms with Crippen molar-refractivity contribution in [3.8, 4) is 0 Å². The highest BCUT2D eigenvalue weighted by molar-refractivity contribution is 7.91. The first-order valence-corrected chi connectivity index (χ1v) is 9.02. The summed E-state index contributed by atoms with van der Waals surface area (Å²) in [5.41, 5.74) is 0.872. The summed E-state index contributed by atoms with van der Waals surface area (Å²) in [5, 5.41) is 1.81. The van der Waals surface area contributed by atoms with Crippen molar-refractivity contribution >= 4 is 33.0 Å². The van der Waals surface area contributed by atoms with Gasteiger partial charge in [0.15, 0.2) is 0 Å². The number of rotatable bonds is 4. The molecule has 2 rings (SSSR count). The average Bonchev–Trinajstić information content (AvgIpc) is 2.88. The number of sulfonamides is 1. The molecule has 1 aromatic heterocycles. The fraction of sp³-hybridized carbons (Fsp3) is 0.667. The third kappa shape index (κ3) is 2.90. The molecule has 1 saturated carbocycles. The minimum atomic E-state index is -3.33. The summed E-state index contributed by atoms with van der Waals surface area (Å²) in [6.07, 6.45) is 5.43. The predicted octanol–water partition coefficient (Wildman–Crippen LogP) is 3.44. The summed E-state index contributed by atoms with van der Waals surface area (Å²) in [7, 11) is -1.63. The molecule has 3 nitrogen and oxygen atoms in total. The van der Waals surface area contributed by atoms with E-state index in [1.807, 2.05) is 5.38 Å². The number of alkyl halides is 1. The number of halogens is 1. The number of hydrogen-bond donors (Lipinski definition) is 0. The molecule has 0 saturated heterocycles. The van der Waals surface area contributed by atoms with Crippen molar-refractivity contribution in [1.82, 2.24) is 4.31 Å². The smallest absolute Gasteiger partial charge is 0.206 e. The molecule has 0 unspecified atom stereocenters. The molecule has 0 bridgehead atoms. The van der Waals surface area contributed by atoms with Crippen LogP contribution in [0.2, 0.25) is 0 Å². The standard InChI is InChI=1S/C12H18ClNO2S2/c1-14(11-5-3-2-4-6-11)18(15,16)12-7-10(8-13)9-17-12/h7,9,11H,2-6,8H2,1H3. The molecular formula is C12H18ClNO2S2. The van der Waals surface area contributed by atoms with Crippen LogP contribution in [0.4, 0.5) is 0 Å². The second-order valence-electron chi connectivity index (χ2n) is 4.72. The van der Waals surface area contributed by atoms with Crippen molar-refractivity contribution in [3.05, 3.63) is 17.0 Å². The number of thiophene rings is 1. The monoisotopic (exact) mass is 307 g/mol. The summed E-state index contributed by atoms with van der Waals surface area (Å²) in [6, 6.07) is 1.84. The largest absolute Gasteiger partial charge is 0.252 e. The van der Waals surface area contributed by atoms with Gasteiger partial charge in [0.05, 0.1) is 0 Å². The highest BCUT2D eigenvalue weighted by Crippen LogP contribution is 2.29. The maximum atomic E-state index is 12.5. The summed E-state index contributed by atoms with van der Waals surface area (Å²) in [5.74, 6) is 0.360. The van der Waals surface area contributed by atoms with Crippen LogP contribution < -0.4 is 0 Å². The zero-order valence-corrected chi connectivity index (χ0v) is 12.8. The maximum Gasteiger partial charge on any atom is 0.252 e. The van der Waals surface area contributed by atoms with Gasteiger partial charge in [0, 0.05) is 19.0 Å². The van der Waals surface area contributed by atoms with E-state index in [4.69, 9.17) is 11.6 Å². The molecule has 0 atom stereocenters.